The summed E-state index contributed by atoms with van der Waals surface area (Å²) in [6.07, 6.45) is 3.50. The molecule has 0 heterocycles. The second kappa shape index (κ2) is 7.91. The molecule has 1 aromatic rings. The van der Waals surface area contributed by atoms with Crippen molar-refractivity contribution in [3.05, 3.63) is 29.3 Å². The summed E-state index contributed by atoms with van der Waals surface area (Å²) >= 11 is 2.07. The van der Waals surface area contributed by atoms with Gasteiger partial charge >= 0.3 is 0 Å². The zero-order chi connectivity index (χ0) is 14.4. The van der Waals surface area contributed by atoms with E-state index in [0.29, 0.717) is 11.3 Å². The minimum atomic E-state index is 0.442. The Morgan fingerprint density at radius 3 is 2.90 bits per heavy atom. The van der Waals surface area contributed by atoms with Crippen LogP contribution in [0.3, 0.4) is 0 Å². The lowest BCUT2D eigenvalue weighted by Crippen LogP contribution is -2.32. The van der Waals surface area contributed by atoms with E-state index in [-0.39, 0.29) is 0 Å². The third kappa shape index (κ3) is 3.68. The van der Waals surface area contributed by atoms with Gasteiger partial charge in [-0.25, -0.2) is 0 Å². The molecular weight excluding hydrogens is 270 g/mol. The number of methoxy groups -OCH3 is 2. The zero-order valence-corrected chi connectivity index (χ0v) is 13.5. The number of nitrogens with one attached hydrogen (secondary N) is 1. The summed E-state index contributed by atoms with van der Waals surface area (Å²) in [4.78, 5) is 0. The van der Waals surface area contributed by atoms with Gasteiger partial charge in [-0.3, -0.25) is 0 Å². The number of ether oxygens (including phenoxy) is 2. The molecule has 0 fully saturated rings. The molecule has 0 bridgehead atoms. The zero-order valence-electron chi connectivity index (χ0n) is 12.6. The molecule has 0 aliphatic heterocycles. The summed E-state index contributed by atoms with van der Waals surface area (Å²) in [7, 11) is 5.56. The Balaban J connectivity index is 2.03. The number of thioether (sulfide) groups is 1. The third-order valence-corrected chi connectivity index (χ3v) is 5.35. The summed E-state index contributed by atoms with van der Waals surface area (Å²) in [6, 6.07) is 6.92. The molecule has 0 spiro atoms. The predicted molar refractivity (Wildman–Crippen MR) is 85.9 cm³/mol. The van der Waals surface area contributed by atoms with Crippen LogP contribution in [0.1, 0.15) is 30.0 Å². The van der Waals surface area contributed by atoms with Crippen molar-refractivity contribution in [1.82, 2.24) is 5.32 Å². The van der Waals surface area contributed by atoms with Gasteiger partial charge in [-0.1, -0.05) is 6.07 Å². The molecule has 2 unspecified atom stereocenters. The highest BCUT2D eigenvalue weighted by Gasteiger charge is 2.28. The normalized spacial score (nSPS) is 21.6. The summed E-state index contributed by atoms with van der Waals surface area (Å²) in [5, 5.41) is 4.15. The minimum absolute atomic E-state index is 0.442. The average molecular weight is 295 g/mol. The van der Waals surface area contributed by atoms with E-state index in [0.717, 1.165) is 25.2 Å². The van der Waals surface area contributed by atoms with E-state index in [1.54, 1.807) is 14.2 Å². The molecule has 1 aromatic carbocycles. The van der Waals surface area contributed by atoms with Gasteiger partial charge in [-0.05, 0) is 55.3 Å². The fourth-order valence-electron chi connectivity index (χ4n) is 2.85. The molecule has 0 amide bonds. The summed E-state index contributed by atoms with van der Waals surface area (Å²) in [5.74, 6) is 2.13. The van der Waals surface area contributed by atoms with Crippen molar-refractivity contribution in [2.45, 2.75) is 30.6 Å². The molecule has 0 saturated heterocycles. The van der Waals surface area contributed by atoms with Crippen LogP contribution in [0, 0.1) is 0 Å². The van der Waals surface area contributed by atoms with Gasteiger partial charge < -0.3 is 14.8 Å². The maximum atomic E-state index is 5.33. The minimum Gasteiger partial charge on any atom is -0.497 e. The third-order valence-electron chi connectivity index (χ3n) is 3.89. The topological polar surface area (TPSA) is 30.5 Å². The van der Waals surface area contributed by atoms with Gasteiger partial charge in [0.05, 0.1) is 7.11 Å². The fraction of sp³-hybridized carbons (Fsp3) is 0.625. The van der Waals surface area contributed by atoms with E-state index < -0.39 is 0 Å². The van der Waals surface area contributed by atoms with Crippen molar-refractivity contribution in [2.24, 2.45) is 0 Å². The van der Waals surface area contributed by atoms with Crippen molar-refractivity contribution in [3.63, 3.8) is 0 Å². The van der Waals surface area contributed by atoms with Gasteiger partial charge in [0.2, 0.25) is 0 Å². The Kier molecular flexibility index (Phi) is 6.20. The van der Waals surface area contributed by atoms with Crippen molar-refractivity contribution in [2.75, 3.05) is 33.6 Å². The Morgan fingerprint density at radius 1 is 1.35 bits per heavy atom. The van der Waals surface area contributed by atoms with Crippen LogP contribution >= 0.6 is 11.8 Å². The van der Waals surface area contributed by atoms with Crippen molar-refractivity contribution in [3.8, 4) is 5.75 Å². The Bertz CT molecular complexity index is 425. The molecule has 0 radical (unpaired) electrons. The van der Waals surface area contributed by atoms with Gasteiger partial charge in [-0.2, -0.15) is 11.8 Å². The van der Waals surface area contributed by atoms with Crippen molar-refractivity contribution < 1.29 is 9.47 Å². The summed E-state index contributed by atoms with van der Waals surface area (Å²) < 4.78 is 10.5. The molecule has 2 atom stereocenters. The lowest BCUT2D eigenvalue weighted by atomic mass is 9.87. The molecular formula is C16H25NO2S. The molecule has 0 aromatic heterocycles. The molecule has 1 aliphatic rings. The first-order valence-corrected chi connectivity index (χ1v) is 8.29. The first-order valence-electron chi connectivity index (χ1n) is 7.24. The summed E-state index contributed by atoms with van der Waals surface area (Å²) in [5.41, 5.74) is 2.86. The summed E-state index contributed by atoms with van der Waals surface area (Å²) in [6.45, 7) is 0.859. The Labute approximate surface area is 126 Å². The number of benzene rings is 1. The van der Waals surface area contributed by atoms with Gasteiger partial charge in [0.15, 0.2) is 0 Å². The molecule has 3 nitrogen and oxygen atoms in total. The lowest BCUT2D eigenvalue weighted by molar-refractivity contribution is 0.200. The first-order chi connectivity index (χ1) is 9.80. The highest BCUT2D eigenvalue weighted by molar-refractivity contribution is 7.99. The average Bonchev–Trinajstić information content (AvgIpc) is 2.50. The maximum Gasteiger partial charge on any atom is 0.119 e. The van der Waals surface area contributed by atoms with E-state index in [1.807, 2.05) is 0 Å². The second-order valence-electron chi connectivity index (χ2n) is 5.13. The van der Waals surface area contributed by atoms with Crippen molar-refractivity contribution >= 4 is 11.8 Å². The number of hydrogen-bond acceptors (Lipinski definition) is 4. The van der Waals surface area contributed by atoms with Crippen LogP contribution in [-0.4, -0.2) is 38.9 Å². The largest absolute Gasteiger partial charge is 0.497 e. The van der Waals surface area contributed by atoms with E-state index in [9.17, 15) is 0 Å². The first kappa shape index (κ1) is 15.7. The van der Waals surface area contributed by atoms with Gasteiger partial charge in [-0.15, -0.1) is 0 Å². The lowest BCUT2D eigenvalue weighted by Gasteiger charge is -2.33. The highest BCUT2D eigenvalue weighted by Crippen LogP contribution is 2.38. The van der Waals surface area contributed by atoms with Crippen LogP contribution in [0.15, 0.2) is 18.2 Å². The molecule has 4 heteroatoms. The highest BCUT2D eigenvalue weighted by atomic mass is 32.2. The molecule has 0 saturated carbocycles. The second-order valence-corrected chi connectivity index (χ2v) is 6.47. The quantitative estimate of drug-likeness (QED) is 0.783. The van der Waals surface area contributed by atoms with Gasteiger partial charge in [0.1, 0.15) is 5.75 Å². The van der Waals surface area contributed by atoms with E-state index in [2.05, 4.69) is 42.3 Å². The molecule has 20 heavy (non-hydrogen) atoms. The van der Waals surface area contributed by atoms with Gasteiger partial charge in [0, 0.05) is 25.0 Å². The van der Waals surface area contributed by atoms with Crippen LogP contribution in [0.25, 0.3) is 0 Å². The number of rotatable bonds is 7. The van der Waals surface area contributed by atoms with Crippen LogP contribution in [0.4, 0.5) is 0 Å². The van der Waals surface area contributed by atoms with Crippen LogP contribution in [0.2, 0.25) is 0 Å². The SMILES string of the molecule is CNC1c2ccc(OC)cc2CCC1SCCCOC. The molecule has 1 aliphatic carbocycles. The number of hydrogen-bond donors (Lipinski definition) is 1. The van der Waals surface area contributed by atoms with Crippen LogP contribution in [-0.2, 0) is 11.2 Å². The predicted octanol–water partition coefficient (Wildman–Crippen LogP) is 3.04. The molecule has 112 valence electrons. The monoisotopic (exact) mass is 295 g/mol. The number of aryl methyl sites for hydroxylation is 1. The Hall–Kier alpha value is -0.710. The van der Waals surface area contributed by atoms with E-state index in [1.165, 1.54) is 23.3 Å². The van der Waals surface area contributed by atoms with Gasteiger partial charge in [0.25, 0.3) is 0 Å². The van der Waals surface area contributed by atoms with Crippen LogP contribution < -0.4 is 10.1 Å². The molecule has 2 rings (SSSR count). The van der Waals surface area contributed by atoms with Crippen molar-refractivity contribution in [1.29, 1.82) is 0 Å². The standard InChI is InChI=1S/C16H25NO2S/c1-17-16-14-7-6-13(19-3)11-12(14)5-8-15(16)20-10-4-9-18-2/h6-7,11,15-17H,4-5,8-10H2,1-3H3. The Morgan fingerprint density at radius 2 is 2.20 bits per heavy atom. The number of fused-ring (bicyclic) bond motifs is 1. The van der Waals surface area contributed by atoms with E-state index in [4.69, 9.17) is 9.47 Å². The van der Waals surface area contributed by atoms with Crippen LogP contribution in [0.5, 0.6) is 5.75 Å². The maximum absolute atomic E-state index is 5.33. The van der Waals surface area contributed by atoms with E-state index >= 15 is 0 Å². The smallest absolute Gasteiger partial charge is 0.119 e. The fourth-order valence-corrected chi connectivity index (χ4v) is 4.20. The molecule has 1 N–H and O–H groups in total.